The van der Waals surface area contributed by atoms with E-state index in [4.69, 9.17) is 4.98 Å². The molecule has 100 valence electrons. The molecule has 3 nitrogen and oxygen atoms in total. The number of carbonyl (C=O) groups excluding carboxylic acids is 1. The van der Waals surface area contributed by atoms with Crippen LogP contribution in [0.3, 0.4) is 0 Å². The quantitative estimate of drug-likeness (QED) is 0.779. The number of aldehydes is 1. The highest BCUT2D eigenvalue weighted by atomic mass is 32.1. The maximum absolute atomic E-state index is 11.1. The maximum Gasteiger partial charge on any atom is 0.186 e. The van der Waals surface area contributed by atoms with Gasteiger partial charge in [0, 0.05) is 19.0 Å². The number of anilines is 1. The van der Waals surface area contributed by atoms with E-state index in [0.29, 0.717) is 12.0 Å². The Balaban J connectivity index is 2.25. The van der Waals surface area contributed by atoms with Crippen LogP contribution in [0.4, 0.5) is 5.13 Å². The molecule has 1 aromatic rings. The fraction of sp³-hybridized carbons (Fsp3) is 0.714. The first-order chi connectivity index (χ1) is 8.34. The maximum atomic E-state index is 11.1. The van der Waals surface area contributed by atoms with Crippen molar-refractivity contribution in [3.8, 4) is 0 Å². The number of rotatable bonds is 4. The third-order valence-electron chi connectivity index (χ3n) is 3.88. The van der Waals surface area contributed by atoms with Gasteiger partial charge in [-0.15, -0.1) is 0 Å². The van der Waals surface area contributed by atoms with Crippen LogP contribution in [-0.4, -0.2) is 24.4 Å². The zero-order chi connectivity index (χ0) is 13.5. The largest absolute Gasteiger partial charge is 0.348 e. The first kappa shape index (κ1) is 13.5. The highest BCUT2D eigenvalue weighted by Crippen LogP contribution is 2.44. The molecule has 0 aromatic carbocycles. The highest BCUT2D eigenvalue weighted by Gasteiger charge is 2.32. The number of hydrogen-bond acceptors (Lipinski definition) is 4. The van der Waals surface area contributed by atoms with E-state index >= 15 is 0 Å². The molecule has 1 aliphatic rings. The van der Waals surface area contributed by atoms with Gasteiger partial charge in [0.2, 0.25) is 0 Å². The molecule has 1 fully saturated rings. The molecule has 1 heterocycles. The zero-order valence-corrected chi connectivity index (χ0v) is 12.7. The fourth-order valence-electron chi connectivity index (χ4n) is 1.96. The standard InChI is InChI=1S/C14H22N2OS/c1-9(14(2,3)4)16(5)13-15-12(10-6-7-10)11(8-17)18-13/h8-10H,6-7H2,1-5H3. The summed E-state index contributed by atoms with van der Waals surface area (Å²) in [4.78, 5) is 18.8. The number of aromatic nitrogens is 1. The van der Waals surface area contributed by atoms with Crippen molar-refractivity contribution in [1.82, 2.24) is 4.98 Å². The van der Waals surface area contributed by atoms with E-state index in [1.165, 1.54) is 24.2 Å². The van der Waals surface area contributed by atoms with Gasteiger partial charge in [0.25, 0.3) is 0 Å². The van der Waals surface area contributed by atoms with E-state index in [9.17, 15) is 4.79 Å². The van der Waals surface area contributed by atoms with Gasteiger partial charge in [-0.3, -0.25) is 4.79 Å². The molecule has 0 spiro atoms. The monoisotopic (exact) mass is 266 g/mol. The molecule has 0 radical (unpaired) electrons. The molecule has 2 rings (SSSR count). The van der Waals surface area contributed by atoms with E-state index in [-0.39, 0.29) is 5.41 Å². The molecule has 1 atom stereocenters. The Morgan fingerprint density at radius 2 is 2.06 bits per heavy atom. The molecule has 4 heteroatoms. The van der Waals surface area contributed by atoms with Crippen molar-refractivity contribution in [3.63, 3.8) is 0 Å². The van der Waals surface area contributed by atoms with Crippen LogP contribution in [-0.2, 0) is 0 Å². The van der Waals surface area contributed by atoms with Crippen molar-refractivity contribution in [2.75, 3.05) is 11.9 Å². The Labute approximate surface area is 113 Å². The van der Waals surface area contributed by atoms with Crippen molar-refractivity contribution in [2.45, 2.75) is 52.5 Å². The Morgan fingerprint density at radius 1 is 1.44 bits per heavy atom. The Morgan fingerprint density at radius 3 is 2.50 bits per heavy atom. The molecule has 1 aliphatic carbocycles. The minimum absolute atomic E-state index is 0.196. The molecule has 0 amide bonds. The van der Waals surface area contributed by atoms with Gasteiger partial charge >= 0.3 is 0 Å². The fourth-order valence-corrected chi connectivity index (χ4v) is 2.97. The number of hydrogen-bond donors (Lipinski definition) is 0. The summed E-state index contributed by atoms with van der Waals surface area (Å²) in [6.45, 7) is 8.89. The van der Waals surface area contributed by atoms with E-state index in [1.54, 1.807) is 0 Å². The normalized spacial score (nSPS) is 17.6. The summed E-state index contributed by atoms with van der Waals surface area (Å²) in [5.41, 5.74) is 1.22. The second-order valence-electron chi connectivity index (χ2n) is 6.29. The first-order valence-corrected chi connectivity index (χ1v) is 7.35. The molecule has 0 saturated heterocycles. The lowest BCUT2D eigenvalue weighted by Gasteiger charge is -2.35. The van der Waals surface area contributed by atoms with Gasteiger partial charge in [-0.25, -0.2) is 4.98 Å². The second kappa shape index (κ2) is 4.65. The summed E-state index contributed by atoms with van der Waals surface area (Å²) in [5, 5.41) is 0.974. The van der Waals surface area contributed by atoms with Crippen LogP contribution in [0.25, 0.3) is 0 Å². The van der Waals surface area contributed by atoms with Crippen molar-refractivity contribution < 1.29 is 4.79 Å². The minimum Gasteiger partial charge on any atom is -0.348 e. The van der Waals surface area contributed by atoms with Crippen LogP contribution >= 0.6 is 11.3 Å². The molecule has 1 saturated carbocycles. The second-order valence-corrected chi connectivity index (χ2v) is 7.30. The molecule has 0 aliphatic heterocycles. The number of thiazole rings is 1. The Hall–Kier alpha value is -0.900. The third-order valence-corrected chi connectivity index (χ3v) is 4.96. The molecule has 1 aromatic heterocycles. The first-order valence-electron chi connectivity index (χ1n) is 6.53. The molecule has 0 bridgehead atoms. The van der Waals surface area contributed by atoms with Gasteiger partial charge in [0.15, 0.2) is 11.4 Å². The lowest BCUT2D eigenvalue weighted by molar-refractivity contribution is 0.112. The van der Waals surface area contributed by atoms with Crippen LogP contribution in [0.2, 0.25) is 0 Å². The zero-order valence-electron chi connectivity index (χ0n) is 11.9. The summed E-state index contributed by atoms with van der Waals surface area (Å²) in [5.74, 6) is 0.536. The molecular formula is C14H22N2OS. The third kappa shape index (κ3) is 2.58. The van der Waals surface area contributed by atoms with Crippen molar-refractivity contribution in [3.05, 3.63) is 10.6 Å². The SMILES string of the molecule is CC(N(C)c1nc(C2CC2)c(C=O)s1)C(C)(C)C. The van der Waals surface area contributed by atoms with Crippen LogP contribution < -0.4 is 4.90 Å². The van der Waals surface area contributed by atoms with Crippen molar-refractivity contribution >= 4 is 22.8 Å². The van der Waals surface area contributed by atoms with Gasteiger partial charge < -0.3 is 4.90 Å². The van der Waals surface area contributed by atoms with E-state index in [1.807, 2.05) is 0 Å². The summed E-state index contributed by atoms with van der Waals surface area (Å²) < 4.78 is 0. The van der Waals surface area contributed by atoms with Crippen LogP contribution in [0.1, 0.15) is 61.8 Å². The summed E-state index contributed by atoms with van der Waals surface area (Å²) >= 11 is 1.53. The van der Waals surface area contributed by atoms with Gasteiger partial charge in [-0.05, 0) is 25.2 Å². The average Bonchev–Trinajstić information content (AvgIpc) is 3.05. The van der Waals surface area contributed by atoms with E-state index < -0.39 is 0 Å². The predicted octanol–water partition coefficient (Wildman–Crippen LogP) is 3.70. The van der Waals surface area contributed by atoms with Crippen LogP contribution in [0.15, 0.2) is 0 Å². The van der Waals surface area contributed by atoms with Crippen LogP contribution in [0, 0.1) is 5.41 Å². The highest BCUT2D eigenvalue weighted by molar-refractivity contribution is 7.17. The van der Waals surface area contributed by atoms with Crippen LogP contribution in [0.5, 0.6) is 0 Å². The predicted molar refractivity (Wildman–Crippen MR) is 76.8 cm³/mol. The Kier molecular flexibility index (Phi) is 3.49. The molecule has 0 N–H and O–H groups in total. The van der Waals surface area contributed by atoms with Gasteiger partial charge in [-0.2, -0.15) is 0 Å². The minimum atomic E-state index is 0.196. The van der Waals surface area contributed by atoms with Gasteiger partial charge in [-0.1, -0.05) is 32.1 Å². The lowest BCUT2D eigenvalue weighted by Crippen LogP contribution is -2.39. The molecular weight excluding hydrogens is 244 g/mol. The number of carbonyl (C=O) groups is 1. The van der Waals surface area contributed by atoms with Crippen molar-refractivity contribution in [1.29, 1.82) is 0 Å². The smallest absolute Gasteiger partial charge is 0.186 e. The summed E-state index contributed by atoms with van der Waals surface area (Å²) in [6, 6.07) is 0.384. The van der Waals surface area contributed by atoms with Gasteiger partial charge in [0.1, 0.15) is 0 Å². The Bertz CT molecular complexity index is 443. The summed E-state index contributed by atoms with van der Waals surface area (Å²) in [6.07, 6.45) is 3.33. The molecule has 1 unspecified atom stereocenters. The number of nitrogens with zero attached hydrogens (tertiary/aromatic N) is 2. The topological polar surface area (TPSA) is 33.2 Å². The lowest BCUT2D eigenvalue weighted by atomic mass is 9.87. The molecule has 18 heavy (non-hydrogen) atoms. The van der Waals surface area contributed by atoms with Gasteiger partial charge in [0.05, 0.1) is 10.6 Å². The summed E-state index contributed by atoms with van der Waals surface area (Å²) in [7, 11) is 2.07. The van der Waals surface area contributed by atoms with Crippen molar-refractivity contribution in [2.24, 2.45) is 5.41 Å². The van der Waals surface area contributed by atoms with E-state index in [2.05, 4.69) is 39.6 Å². The average molecular weight is 266 g/mol. The van der Waals surface area contributed by atoms with E-state index in [0.717, 1.165) is 22.0 Å².